The van der Waals surface area contributed by atoms with Crippen LogP contribution < -0.4 is 5.32 Å². The van der Waals surface area contributed by atoms with Crippen molar-refractivity contribution < 1.29 is 4.79 Å². The fraction of sp³-hybridized carbons (Fsp3) is 0.556. The summed E-state index contributed by atoms with van der Waals surface area (Å²) in [6, 6.07) is 6.44. The average Bonchev–Trinajstić information content (AvgIpc) is 2.97. The normalized spacial score (nSPS) is 18.0. The van der Waals surface area contributed by atoms with Gasteiger partial charge >= 0.3 is 0 Å². The van der Waals surface area contributed by atoms with E-state index < -0.39 is 0 Å². The van der Waals surface area contributed by atoms with Gasteiger partial charge in [-0.25, -0.2) is 4.98 Å². The van der Waals surface area contributed by atoms with Gasteiger partial charge in [-0.15, -0.1) is 0 Å². The number of thiazole rings is 1. The second-order valence-electron chi connectivity index (χ2n) is 6.64. The molecule has 0 radical (unpaired) electrons. The van der Waals surface area contributed by atoms with Gasteiger partial charge in [0.25, 0.3) is 0 Å². The Morgan fingerprint density at radius 3 is 2.92 bits per heavy atom. The first-order valence-electron chi connectivity index (χ1n) is 8.62. The number of anilines is 1. The third-order valence-electron chi connectivity index (χ3n) is 4.61. The van der Waals surface area contributed by atoms with Crippen LogP contribution in [0.1, 0.15) is 38.7 Å². The number of likely N-dealkylation sites (tertiary alicyclic amines) is 1. The van der Waals surface area contributed by atoms with Crippen LogP contribution in [0.4, 0.5) is 5.13 Å². The van der Waals surface area contributed by atoms with E-state index in [0.29, 0.717) is 5.13 Å². The Labute approximate surface area is 155 Å². The maximum Gasteiger partial charge on any atom is 0.239 e. The van der Waals surface area contributed by atoms with Crippen molar-refractivity contribution in [3.63, 3.8) is 0 Å². The monoisotopic (exact) mass is 409 g/mol. The number of aromatic nitrogens is 1. The summed E-state index contributed by atoms with van der Waals surface area (Å²) in [5, 5.41) is 3.58. The standard InChI is InChI=1S/C18H24BrN3OS/c1-3-14(19)17(23)21-18-20-15-5-4-13(10-16(15)24-18)11-22-8-6-12(2)7-9-22/h4-5,10,12,14H,3,6-9,11H2,1-2H3,(H,20,21,23). The van der Waals surface area contributed by atoms with Gasteiger partial charge in [-0.05, 0) is 56.0 Å². The van der Waals surface area contributed by atoms with Gasteiger partial charge in [0.05, 0.1) is 15.0 Å². The first-order valence-corrected chi connectivity index (χ1v) is 10.3. The molecule has 1 unspecified atom stereocenters. The van der Waals surface area contributed by atoms with Crippen LogP contribution >= 0.6 is 27.3 Å². The molecule has 1 aromatic heterocycles. The highest BCUT2D eigenvalue weighted by molar-refractivity contribution is 9.10. The number of benzene rings is 1. The largest absolute Gasteiger partial charge is 0.301 e. The SMILES string of the molecule is CCC(Br)C(=O)Nc1nc2ccc(CN3CCC(C)CC3)cc2s1. The van der Waals surface area contributed by atoms with Gasteiger partial charge in [0.1, 0.15) is 0 Å². The lowest BCUT2D eigenvalue weighted by atomic mass is 9.99. The van der Waals surface area contributed by atoms with Gasteiger partial charge in [-0.3, -0.25) is 9.69 Å². The Morgan fingerprint density at radius 1 is 1.46 bits per heavy atom. The highest BCUT2D eigenvalue weighted by Crippen LogP contribution is 2.28. The number of carbonyl (C=O) groups is 1. The van der Waals surface area contributed by atoms with E-state index in [4.69, 9.17) is 0 Å². The van der Waals surface area contributed by atoms with Crippen LogP contribution in [0.5, 0.6) is 0 Å². The molecular weight excluding hydrogens is 386 g/mol. The molecule has 0 saturated carbocycles. The van der Waals surface area contributed by atoms with Gasteiger partial charge in [0.2, 0.25) is 5.91 Å². The number of piperidine rings is 1. The molecule has 1 aliphatic rings. The van der Waals surface area contributed by atoms with Crippen LogP contribution in [-0.2, 0) is 11.3 Å². The Morgan fingerprint density at radius 2 is 2.21 bits per heavy atom. The predicted molar refractivity (Wildman–Crippen MR) is 105 cm³/mol. The number of alkyl halides is 1. The lowest BCUT2D eigenvalue weighted by Crippen LogP contribution is -2.32. The van der Waals surface area contributed by atoms with E-state index in [2.05, 4.69) is 56.3 Å². The molecule has 2 aromatic rings. The van der Waals surface area contributed by atoms with Crippen molar-refractivity contribution in [3.05, 3.63) is 23.8 Å². The maximum atomic E-state index is 12.0. The summed E-state index contributed by atoms with van der Waals surface area (Å²) < 4.78 is 1.13. The van der Waals surface area contributed by atoms with E-state index >= 15 is 0 Å². The van der Waals surface area contributed by atoms with Crippen molar-refractivity contribution in [1.29, 1.82) is 0 Å². The van der Waals surface area contributed by atoms with Crippen LogP contribution in [0, 0.1) is 5.92 Å². The predicted octanol–water partition coefficient (Wildman–Crippen LogP) is 4.64. The number of halogens is 1. The van der Waals surface area contributed by atoms with Gasteiger partial charge in [-0.2, -0.15) is 0 Å². The molecule has 130 valence electrons. The second kappa shape index (κ2) is 7.93. The van der Waals surface area contributed by atoms with Gasteiger partial charge in [-0.1, -0.05) is 47.2 Å². The molecule has 1 fully saturated rings. The third kappa shape index (κ3) is 4.35. The minimum atomic E-state index is -0.165. The number of hydrogen-bond acceptors (Lipinski definition) is 4. The number of carbonyl (C=O) groups excluding carboxylic acids is 1. The smallest absolute Gasteiger partial charge is 0.239 e. The van der Waals surface area contributed by atoms with Crippen molar-refractivity contribution >= 4 is 48.5 Å². The molecule has 1 atom stereocenters. The van der Waals surface area contributed by atoms with Crippen LogP contribution in [0.2, 0.25) is 0 Å². The van der Waals surface area contributed by atoms with Crippen molar-refractivity contribution in [2.45, 2.75) is 44.5 Å². The topological polar surface area (TPSA) is 45.2 Å². The second-order valence-corrected chi connectivity index (χ2v) is 8.78. The minimum Gasteiger partial charge on any atom is -0.301 e. The fourth-order valence-corrected chi connectivity index (χ4v) is 4.02. The first kappa shape index (κ1) is 17.8. The molecule has 1 saturated heterocycles. The number of amides is 1. The highest BCUT2D eigenvalue weighted by atomic mass is 79.9. The summed E-state index contributed by atoms with van der Waals surface area (Å²) in [5.74, 6) is 0.831. The quantitative estimate of drug-likeness (QED) is 0.731. The van der Waals surface area contributed by atoms with Crippen molar-refractivity contribution in [2.75, 3.05) is 18.4 Å². The van der Waals surface area contributed by atoms with Crippen LogP contribution in [0.15, 0.2) is 18.2 Å². The summed E-state index contributed by atoms with van der Waals surface area (Å²) in [6.07, 6.45) is 3.35. The Kier molecular flexibility index (Phi) is 5.89. The van der Waals surface area contributed by atoms with Crippen molar-refractivity contribution in [2.24, 2.45) is 5.92 Å². The molecule has 2 heterocycles. The molecule has 24 heavy (non-hydrogen) atoms. The average molecular weight is 410 g/mol. The number of rotatable bonds is 5. The molecule has 1 amide bonds. The minimum absolute atomic E-state index is 0.0285. The van der Waals surface area contributed by atoms with E-state index in [-0.39, 0.29) is 10.7 Å². The molecule has 4 nitrogen and oxygen atoms in total. The molecule has 0 bridgehead atoms. The summed E-state index contributed by atoms with van der Waals surface area (Å²) in [6.45, 7) is 7.69. The first-order chi connectivity index (χ1) is 11.5. The zero-order chi connectivity index (χ0) is 17.1. The maximum absolute atomic E-state index is 12.0. The molecule has 1 aliphatic heterocycles. The number of fused-ring (bicyclic) bond motifs is 1. The molecule has 1 N–H and O–H groups in total. The Hall–Kier alpha value is -0.980. The summed E-state index contributed by atoms with van der Waals surface area (Å²) >= 11 is 4.92. The van der Waals surface area contributed by atoms with Crippen molar-refractivity contribution in [1.82, 2.24) is 9.88 Å². The van der Waals surface area contributed by atoms with E-state index in [1.54, 1.807) is 11.3 Å². The fourth-order valence-electron chi connectivity index (χ4n) is 2.97. The number of hydrogen-bond donors (Lipinski definition) is 1. The van der Waals surface area contributed by atoms with Crippen LogP contribution in [-0.4, -0.2) is 33.7 Å². The summed E-state index contributed by atoms with van der Waals surface area (Å²) in [7, 11) is 0. The summed E-state index contributed by atoms with van der Waals surface area (Å²) in [4.78, 5) is 18.9. The van der Waals surface area contributed by atoms with E-state index in [0.717, 1.165) is 29.1 Å². The van der Waals surface area contributed by atoms with E-state index in [1.165, 1.54) is 31.5 Å². The van der Waals surface area contributed by atoms with Gasteiger partial charge < -0.3 is 5.32 Å². The van der Waals surface area contributed by atoms with Gasteiger partial charge in [0.15, 0.2) is 5.13 Å². The molecule has 6 heteroatoms. The Balaban J connectivity index is 1.68. The third-order valence-corrected chi connectivity index (χ3v) is 6.61. The Bertz CT molecular complexity index is 709. The zero-order valence-corrected chi connectivity index (χ0v) is 16.6. The van der Waals surface area contributed by atoms with E-state index in [9.17, 15) is 4.79 Å². The summed E-state index contributed by atoms with van der Waals surface area (Å²) in [5.41, 5.74) is 2.28. The molecule has 0 spiro atoms. The lowest BCUT2D eigenvalue weighted by molar-refractivity contribution is -0.115. The van der Waals surface area contributed by atoms with Gasteiger partial charge in [0, 0.05) is 6.54 Å². The molecular formula is C18H24BrN3OS. The van der Waals surface area contributed by atoms with Crippen LogP contribution in [0.25, 0.3) is 10.2 Å². The lowest BCUT2D eigenvalue weighted by Gasteiger charge is -2.30. The molecule has 3 rings (SSSR count). The molecule has 1 aromatic carbocycles. The van der Waals surface area contributed by atoms with Crippen molar-refractivity contribution in [3.8, 4) is 0 Å². The van der Waals surface area contributed by atoms with Crippen LogP contribution in [0.3, 0.4) is 0 Å². The number of nitrogens with one attached hydrogen (secondary N) is 1. The highest BCUT2D eigenvalue weighted by Gasteiger charge is 2.17. The molecule has 0 aliphatic carbocycles. The van der Waals surface area contributed by atoms with E-state index in [1.807, 2.05) is 6.92 Å². The number of nitrogens with zero attached hydrogens (tertiary/aromatic N) is 2. The zero-order valence-electron chi connectivity index (χ0n) is 14.2.